The van der Waals surface area contributed by atoms with Gasteiger partial charge in [-0.25, -0.2) is 9.18 Å². The second-order valence-corrected chi connectivity index (χ2v) is 8.74. The Morgan fingerprint density at radius 3 is 2.66 bits per heavy atom. The zero-order chi connectivity index (χ0) is 21.2. The van der Waals surface area contributed by atoms with Gasteiger partial charge in [-0.05, 0) is 33.6 Å². The number of carbonyl (C=O) groups is 2. The van der Waals surface area contributed by atoms with Crippen molar-refractivity contribution >= 4 is 33.6 Å². The first-order valence-electron chi connectivity index (χ1n) is 8.98. The van der Waals surface area contributed by atoms with Crippen LogP contribution >= 0.6 is 15.9 Å². The Hall–Kier alpha value is -2.68. The van der Waals surface area contributed by atoms with Crippen LogP contribution in [0.15, 0.2) is 38.7 Å². The average molecular weight is 464 g/mol. The third kappa shape index (κ3) is 2.71. The summed E-state index contributed by atoms with van der Waals surface area (Å²) in [5.41, 5.74) is 0.796. The summed E-state index contributed by atoms with van der Waals surface area (Å²) in [7, 11) is 2.75. The number of hydrogen-bond donors (Lipinski definition) is 1. The van der Waals surface area contributed by atoms with Gasteiger partial charge >= 0.3 is 6.09 Å². The van der Waals surface area contributed by atoms with Crippen molar-refractivity contribution in [1.82, 2.24) is 9.36 Å². The van der Waals surface area contributed by atoms with E-state index in [1.165, 1.54) is 17.9 Å². The fourth-order valence-corrected chi connectivity index (χ4v) is 4.57. The molecular weight excluding hydrogens is 445 g/mol. The molecule has 2 heterocycles. The number of hydrogen-bond acceptors (Lipinski definition) is 5. The summed E-state index contributed by atoms with van der Waals surface area (Å²) in [4.78, 5) is 38.6. The smallest absolute Gasteiger partial charge is 0.436 e. The summed E-state index contributed by atoms with van der Waals surface area (Å²) in [6.45, 7) is 3.70. The Labute approximate surface area is 174 Å². The van der Waals surface area contributed by atoms with Crippen molar-refractivity contribution in [2.24, 2.45) is 12.5 Å². The van der Waals surface area contributed by atoms with Crippen molar-refractivity contribution in [1.29, 1.82) is 0 Å². The Balaban J connectivity index is 2.02. The number of ketones is 1. The number of Topliss-reactive ketones (excluding diaryl/α,β-unsaturated/α-hetero) is 1. The van der Waals surface area contributed by atoms with Crippen LogP contribution in [-0.2, 0) is 16.6 Å². The minimum atomic E-state index is -0.834. The van der Waals surface area contributed by atoms with Crippen LogP contribution in [-0.4, -0.2) is 28.3 Å². The number of methoxy groups -OCH3 is 1. The summed E-state index contributed by atoms with van der Waals surface area (Å²) in [6.07, 6.45) is -0.364. The van der Waals surface area contributed by atoms with E-state index in [0.717, 1.165) is 4.68 Å². The molecule has 1 unspecified atom stereocenters. The van der Waals surface area contributed by atoms with Gasteiger partial charge in [-0.3, -0.25) is 14.3 Å². The molecule has 1 aliphatic carbocycles. The summed E-state index contributed by atoms with van der Waals surface area (Å²) < 4.78 is 21.1. The lowest BCUT2D eigenvalue weighted by Gasteiger charge is -2.26. The fraction of sp³-hybridized carbons (Fsp3) is 0.350. The van der Waals surface area contributed by atoms with Gasteiger partial charge < -0.3 is 10.1 Å². The van der Waals surface area contributed by atoms with Gasteiger partial charge in [-0.1, -0.05) is 19.9 Å². The number of halogens is 2. The van der Waals surface area contributed by atoms with Crippen molar-refractivity contribution in [3.63, 3.8) is 0 Å². The first-order chi connectivity index (χ1) is 13.6. The van der Waals surface area contributed by atoms with Gasteiger partial charge in [0.2, 0.25) is 0 Å². The molecule has 0 saturated heterocycles. The van der Waals surface area contributed by atoms with Gasteiger partial charge in [0.15, 0.2) is 5.78 Å². The molecule has 9 heteroatoms. The second-order valence-electron chi connectivity index (χ2n) is 7.89. The molecule has 1 N–H and O–H groups in total. The molecule has 0 fully saturated rings. The topological polar surface area (TPSA) is 82.3 Å². The zero-order valence-electron chi connectivity index (χ0n) is 16.3. The van der Waals surface area contributed by atoms with Crippen LogP contribution < -0.4 is 10.9 Å². The van der Waals surface area contributed by atoms with E-state index in [9.17, 15) is 18.8 Å². The lowest BCUT2D eigenvalue weighted by molar-refractivity contribution is -0.122. The minimum absolute atomic E-state index is 0.0797. The van der Waals surface area contributed by atoms with Crippen LogP contribution in [0.2, 0.25) is 0 Å². The first kappa shape index (κ1) is 19.6. The number of aromatic nitrogens is 2. The largest absolute Gasteiger partial charge is 0.451 e. The van der Waals surface area contributed by atoms with Gasteiger partial charge in [-0.15, -0.1) is 4.68 Å². The molecule has 2 aromatic rings. The van der Waals surface area contributed by atoms with Crippen molar-refractivity contribution in [2.75, 3.05) is 12.4 Å². The minimum Gasteiger partial charge on any atom is -0.451 e. The van der Waals surface area contributed by atoms with Crippen LogP contribution in [0.1, 0.15) is 37.3 Å². The second kappa shape index (κ2) is 6.41. The van der Waals surface area contributed by atoms with E-state index in [2.05, 4.69) is 21.2 Å². The molecule has 0 bridgehead atoms. The van der Waals surface area contributed by atoms with Gasteiger partial charge in [0.1, 0.15) is 11.6 Å². The van der Waals surface area contributed by atoms with Crippen molar-refractivity contribution in [3.8, 4) is 0 Å². The van der Waals surface area contributed by atoms with E-state index >= 15 is 0 Å². The van der Waals surface area contributed by atoms with Crippen LogP contribution in [0.3, 0.4) is 0 Å². The maximum absolute atomic E-state index is 13.9. The number of fused-ring (bicyclic) bond motifs is 1. The number of benzene rings is 1. The number of carbonyl (C=O) groups excluding carboxylic acids is 2. The molecule has 0 saturated carbocycles. The predicted molar refractivity (Wildman–Crippen MR) is 107 cm³/mol. The van der Waals surface area contributed by atoms with Crippen molar-refractivity contribution in [2.45, 2.75) is 26.2 Å². The van der Waals surface area contributed by atoms with Crippen molar-refractivity contribution in [3.05, 3.63) is 61.2 Å². The number of allylic oxidation sites excluding steroid dienone is 2. The maximum atomic E-state index is 13.9. The highest BCUT2D eigenvalue weighted by Crippen LogP contribution is 2.50. The standard InChI is InChI=1S/C20H19BrFN3O4/c1-20(2)8-12-14(16(20)26)13(9-5-6-11(22)10(21)7-9)15-17(23-12)24(3)25(18(15)27)19(28)29-4/h5-7,13,23H,8H2,1-4H3. The zero-order valence-corrected chi connectivity index (χ0v) is 17.9. The van der Waals surface area contributed by atoms with Crippen LogP contribution in [0.5, 0.6) is 0 Å². The van der Waals surface area contributed by atoms with E-state index in [1.54, 1.807) is 19.2 Å². The maximum Gasteiger partial charge on any atom is 0.436 e. The van der Waals surface area contributed by atoms with Crippen LogP contribution in [0, 0.1) is 11.2 Å². The summed E-state index contributed by atoms with van der Waals surface area (Å²) >= 11 is 3.18. The van der Waals surface area contributed by atoms with Crippen molar-refractivity contribution < 1.29 is 18.7 Å². The van der Waals surface area contributed by atoms with Gasteiger partial charge in [0.25, 0.3) is 5.56 Å². The van der Waals surface area contributed by atoms with E-state index in [-0.39, 0.29) is 15.8 Å². The molecule has 0 radical (unpaired) electrons. The summed E-state index contributed by atoms with van der Waals surface area (Å²) in [6, 6.07) is 4.40. The lowest BCUT2D eigenvalue weighted by Crippen LogP contribution is -2.31. The molecule has 7 nitrogen and oxygen atoms in total. The monoisotopic (exact) mass is 463 g/mol. The normalized spacial score (nSPS) is 19.7. The number of nitrogens with one attached hydrogen (secondary N) is 1. The lowest BCUT2D eigenvalue weighted by atomic mass is 9.79. The molecule has 1 atom stereocenters. The van der Waals surface area contributed by atoms with Gasteiger partial charge in [0, 0.05) is 36.1 Å². The molecule has 29 heavy (non-hydrogen) atoms. The third-order valence-electron chi connectivity index (χ3n) is 5.58. The molecule has 1 aromatic heterocycles. The van der Waals surface area contributed by atoms with E-state index in [1.807, 2.05) is 13.8 Å². The van der Waals surface area contributed by atoms with E-state index in [0.29, 0.717) is 29.1 Å². The molecule has 1 aromatic carbocycles. The van der Waals surface area contributed by atoms with Crippen LogP contribution in [0.4, 0.5) is 15.0 Å². The predicted octanol–water partition coefficient (Wildman–Crippen LogP) is 3.51. The highest BCUT2D eigenvalue weighted by Gasteiger charge is 2.48. The third-order valence-corrected chi connectivity index (χ3v) is 6.18. The number of anilines is 1. The Morgan fingerprint density at radius 2 is 2.03 bits per heavy atom. The summed E-state index contributed by atoms with van der Waals surface area (Å²) in [5.74, 6) is -0.841. The van der Waals surface area contributed by atoms with E-state index in [4.69, 9.17) is 4.74 Å². The SMILES string of the molecule is COC(=O)n1c(=O)c2c(n1C)NC1=C(C(=O)C(C)(C)C1)C2c1ccc(F)c(Br)c1. The molecular formula is C20H19BrFN3O4. The quantitative estimate of drug-likeness (QED) is 0.699. The van der Waals surface area contributed by atoms with Crippen LogP contribution in [0.25, 0.3) is 0 Å². The Morgan fingerprint density at radius 1 is 1.34 bits per heavy atom. The summed E-state index contributed by atoms with van der Waals surface area (Å²) in [5, 5.41) is 3.19. The molecule has 1 aliphatic heterocycles. The van der Waals surface area contributed by atoms with Gasteiger partial charge in [0.05, 0.1) is 17.1 Å². The molecule has 0 amide bonds. The number of nitrogens with zero attached hydrogens (tertiary/aromatic N) is 2. The Bertz CT molecular complexity index is 1180. The molecule has 4 rings (SSSR count). The molecule has 0 spiro atoms. The van der Waals surface area contributed by atoms with Gasteiger partial charge in [-0.2, -0.15) is 0 Å². The molecule has 2 aliphatic rings. The Kier molecular flexibility index (Phi) is 4.34. The average Bonchev–Trinajstić information content (AvgIpc) is 3.05. The van der Waals surface area contributed by atoms with E-state index < -0.39 is 28.8 Å². The highest BCUT2D eigenvalue weighted by atomic mass is 79.9. The number of ether oxygens (including phenoxy) is 1. The number of rotatable bonds is 1. The fourth-order valence-electron chi connectivity index (χ4n) is 4.17. The highest BCUT2D eigenvalue weighted by molar-refractivity contribution is 9.10. The molecule has 152 valence electrons. The first-order valence-corrected chi connectivity index (χ1v) is 9.77.